The zero-order valence-corrected chi connectivity index (χ0v) is 9.23. The van der Waals surface area contributed by atoms with Crippen molar-refractivity contribution in [3.63, 3.8) is 0 Å². The van der Waals surface area contributed by atoms with Crippen LogP contribution in [0, 0.1) is 0 Å². The highest BCUT2D eigenvalue weighted by atomic mass is 32.2. The van der Waals surface area contributed by atoms with E-state index >= 15 is 0 Å². The molecule has 0 aromatic rings. The van der Waals surface area contributed by atoms with Crippen LogP contribution in [0.4, 0.5) is 0 Å². The molecule has 0 saturated carbocycles. The van der Waals surface area contributed by atoms with Crippen molar-refractivity contribution in [1.29, 1.82) is 0 Å². The first-order chi connectivity index (χ1) is 6.22. The molecule has 0 aliphatic carbocycles. The summed E-state index contributed by atoms with van der Waals surface area (Å²) in [4.78, 5) is 11.0. The minimum atomic E-state index is -0.457. The molecule has 0 aliphatic rings. The van der Waals surface area contributed by atoms with E-state index in [4.69, 9.17) is 10.5 Å². The van der Waals surface area contributed by atoms with Crippen LogP contribution in [0.1, 0.15) is 26.7 Å². The molecule has 1 unspecified atom stereocenters. The zero-order valence-electron chi connectivity index (χ0n) is 8.41. The van der Waals surface area contributed by atoms with E-state index in [2.05, 4.69) is 6.92 Å². The Kier molecular flexibility index (Phi) is 8.24. The molecule has 3 nitrogen and oxygen atoms in total. The molecule has 1 atom stereocenters. The van der Waals surface area contributed by atoms with Gasteiger partial charge in [0.15, 0.2) is 0 Å². The molecule has 0 rings (SSSR count). The second kappa shape index (κ2) is 8.38. The number of unbranched alkanes of at least 4 members (excludes halogenated alkanes) is 1. The summed E-state index contributed by atoms with van der Waals surface area (Å²) in [6.45, 7) is 4.34. The fourth-order valence-corrected chi connectivity index (χ4v) is 1.82. The Morgan fingerprint density at radius 2 is 2.23 bits per heavy atom. The minimum Gasteiger partial charge on any atom is -0.465 e. The molecular formula is C9H19NO2S. The first kappa shape index (κ1) is 12.8. The maximum Gasteiger partial charge on any atom is 0.323 e. The van der Waals surface area contributed by atoms with Gasteiger partial charge in [0.2, 0.25) is 0 Å². The molecule has 0 amide bonds. The summed E-state index contributed by atoms with van der Waals surface area (Å²) in [7, 11) is 0. The Morgan fingerprint density at radius 3 is 2.77 bits per heavy atom. The lowest BCUT2D eigenvalue weighted by Gasteiger charge is -2.09. The number of ether oxygens (including phenoxy) is 1. The van der Waals surface area contributed by atoms with Crippen molar-refractivity contribution in [2.45, 2.75) is 32.7 Å². The van der Waals surface area contributed by atoms with Crippen LogP contribution >= 0.6 is 11.8 Å². The Morgan fingerprint density at radius 1 is 1.54 bits per heavy atom. The van der Waals surface area contributed by atoms with E-state index in [0.717, 1.165) is 5.75 Å². The number of hydrogen-bond donors (Lipinski definition) is 1. The molecule has 2 N–H and O–H groups in total. The largest absolute Gasteiger partial charge is 0.465 e. The molecule has 13 heavy (non-hydrogen) atoms. The highest BCUT2D eigenvalue weighted by Gasteiger charge is 2.13. The van der Waals surface area contributed by atoms with Crippen LogP contribution < -0.4 is 5.73 Å². The van der Waals surface area contributed by atoms with Crippen molar-refractivity contribution in [3.8, 4) is 0 Å². The van der Waals surface area contributed by atoms with Gasteiger partial charge in [-0.05, 0) is 19.1 Å². The summed E-state index contributed by atoms with van der Waals surface area (Å²) in [6, 6.07) is -0.457. The van der Waals surface area contributed by atoms with Gasteiger partial charge in [0.1, 0.15) is 6.04 Å². The Hall–Kier alpha value is -0.220. The van der Waals surface area contributed by atoms with Gasteiger partial charge in [0.25, 0.3) is 0 Å². The molecule has 0 radical (unpaired) electrons. The van der Waals surface area contributed by atoms with E-state index < -0.39 is 6.04 Å². The average Bonchev–Trinajstić information content (AvgIpc) is 2.12. The van der Waals surface area contributed by atoms with Crippen LogP contribution in [-0.4, -0.2) is 30.1 Å². The number of carbonyl (C=O) groups excluding carboxylic acids is 1. The van der Waals surface area contributed by atoms with Gasteiger partial charge in [-0.1, -0.05) is 13.3 Å². The monoisotopic (exact) mass is 205 g/mol. The molecule has 0 heterocycles. The topological polar surface area (TPSA) is 52.3 Å². The van der Waals surface area contributed by atoms with Crippen molar-refractivity contribution >= 4 is 17.7 Å². The van der Waals surface area contributed by atoms with E-state index in [1.807, 2.05) is 0 Å². The maximum absolute atomic E-state index is 11.0. The maximum atomic E-state index is 11.0. The van der Waals surface area contributed by atoms with Crippen molar-refractivity contribution in [1.82, 2.24) is 0 Å². The summed E-state index contributed by atoms with van der Waals surface area (Å²) < 4.78 is 4.78. The van der Waals surface area contributed by atoms with Gasteiger partial charge >= 0.3 is 5.97 Å². The number of nitrogens with two attached hydrogens (primary N) is 1. The second-order valence-corrected chi connectivity index (χ2v) is 3.94. The fraction of sp³-hybridized carbons (Fsp3) is 0.889. The Balaban J connectivity index is 3.38. The van der Waals surface area contributed by atoms with Crippen LogP contribution in [0.2, 0.25) is 0 Å². The van der Waals surface area contributed by atoms with Crippen molar-refractivity contribution in [2.24, 2.45) is 5.73 Å². The Labute approximate surface area is 84.4 Å². The summed E-state index contributed by atoms with van der Waals surface area (Å²) in [5.74, 6) is 1.45. The average molecular weight is 205 g/mol. The molecule has 78 valence electrons. The predicted octanol–water partition coefficient (Wildman–Crippen LogP) is 1.41. The first-order valence-corrected chi connectivity index (χ1v) is 5.87. The van der Waals surface area contributed by atoms with E-state index in [1.165, 1.54) is 12.8 Å². The number of rotatable bonds is 7. The van der Waals surface area contributed by atoms with Gasteiger partial charge < -0.3 is 10.5 Å². The lowest BCUT2D eigenvalue weighted by molar-refractivity contribution is -0.144. The lowest BCUT2D eigenvalue weighted by atomic mass is 10.4. The lowest BCUT2D eigenvalue weighted by Crippen LogP contribution is -2.34. The number of esters is 1. The van der Waals surface area contributed by atoms with E-state index in [0.29, 0.717) is 12.4 Å². The van der Waals surface area contributed by atoms with Gasteiger partial charge in [0, 0.05) is 5.75 Å². The van der Waals surface area contributed by atoms with E-state index in [-0.39, 0.29) is 5.97 Å². The normalized spacial score (nSPS) is 12.5. The molecule has 0 aromatic carbocycles. The van der Waals surface area contributed by atoms with Gasteiger partial charge in [0.05, 0.1) is 6.61 Å². The van der Waals surface area contributed by atoms with E-state index in [9.17, 15) is 4.79 Å². The first-order valence-electron chi connectivity index (χ1n) is 4.72. The third kappa shape index (κ3) is 6.90. The van der Waals surface area contributed by atoms with Crippen molar-refractivity contribution < 1.29 is 9.53 Å². The smallest absolute Gasteiger partial charge is 0.323 e. The molecule has 0 spiro atoms. The van der Waals surface area contributed by atoms with Crippen molar-refractivity contribution in [2.75, 3.05) is 18.1 Å². The van der Waals surface area contributed by atoms with Gasteiger partial charge in [-0.2, -0.15) is 11.8 Å². The van der Waals surface area contributed by atoms with Crippen LogP contribution in [0.5, 0.6) is 0 Å². The van der Waals surface area contributed by atoms with Crippen LogP contribution in [0.25, 0.3) is 0 Å². The summed E-state index contributed by atoms with van der Waals surface area (Å²) in [6.07, 6.45) is 2.36. The molecule has 0 saturated heterocycles. The zero-order chi connectivity index (χ0) is 10.1. The minimum absolute atomic E-state index is 0.286. The number of hydrogen-bond acceptors (Lipinski definition) is 4. The molecule has 4 heteroatoms. The standard InChI is InChI=1S/C9H19NO2S/c1-3-5-6-13-7-8(10)9(11)12-4-2/h8H,3-7,10H2,1-2H3. The molecule has 0 aliphatic heterocycles. The second-order valence-electron chi connectivity index (χ2n) is 2.79. The summed E-state index contributed by atoms with van der Waals surface area (Å²) in [5.41, 5.74) is 5.59. The van der Waals surface area contributed by atoms with Gasteiger partial charge in [-0.3, -0.25) is 4.79 Å². The molecule has 0 bridgehead atoms. The van der Waals surface area contributed by atoms with Gasteiger partial charge in [-0.25, -0.2) is 0 Å². The highest BCUT2D eigenvalue weighted by molar-refractivity contribution is 7.99. The highest BCUT2D eigenvalue weighted by Crippen LogP contribution is 2.06. The van der Waals surface area contributed by atoms with Crippen molar-refractivity contribution in [3.05, 3.63) is 0 Å². The number of carbonyl (C=O) groups is 1. The third-order valence-corrected chi connectivity index (χ3v) is 2.70. The molecule has 0 aromatic heterocycles. The quantitative estimate of drug-likeness (QED) is 0.504. The SMILES string of the molecule is CCCCSCC(N)C(=O)OCC. The Bertz CT molecular complexity index is 142. The molecule has 0 fully saturated rings. The predicted molar refractivity (Wildman–Crippen MR) is 56.8 cm³/mol. The van der Waals surface area contributed by atoms with Crippen LogP contribution in [-0.2, 0) is 9.53 Å². The number of thioether (sulfide) groups is 1. The van der Waals surface area contributed by atoms with Crippen LogP contribution in [0.3, 0.4) is 0 Å². The summed E-state index contributed by atoms with van der Waals surface area (Å²) >= 11 is 1.71. The third-order valence-electron chi connectivity index (χ3n) is 1.53. The van der Waals surface area contributed by atoms with E-state index in [1.54, 1.807) is 18.7 Å². The van der Waals surface area contributed by atoms with Gasteiger partial charge in [-0.15, -0.1) is 0 Å². The fourth-order valence-electron chi connectivity index (χ4n) is 0.774. The molecular weight excluding hydrogens is 186 g/mol. The van der Waals surface area contributed by atoms with Crippen LogP contribution in [0.15, 0.2) is 0 Å². The summed E-state index contributed by atoms with van der Waals surface area (Å²) in [5, 5.41) is 0.